The second-order valence-electron chi connectivity index (χ2n) is 8.38. The van der Waals surface area contributed by atoms with Crippen LogP contribution in [0.4, 0.5) is 10.5 Å². The van der Waals surface area contributed by atoms with Gasteiger partial charge >= 0.3 is 6.03 Å². The van der Waals surface area contributed by atoms with Crippen LogP contribution in [0.15, 0.2) is 59.7 Å². The summed E-state index contributed by atoms with van der Waals surface area (Å²) in [5.74, 6) is -0.207. The van der Waals surface area contributed by atoms with Gasteiger partial charge in [0.25, 0.3) is 5.91 Å². The Morgan fingerprint density at radius 3 is 2.58 bits per heavy atom. The Hall–Kier alpha value is -3.14. The fourth-order valence-corrected chi connectivity index (χ4v) is 4.84. The molecule has 9 nitrogen and oxygen atoms in total. The number of likely N-dealkylation sites (N-methyl/N-ethyl adjacent to an activating group) is 2. The number of imide groups is 1. The topological polar surface area (TPSA) is 83.5 Å². The minimum absolute atomic E-state index is 0.207. The van der Waals surface area contributed by atoms with Gasteiger partial charge in [0.05, 0.1) is 23.0 Å². The quantitative estimate of drug-likeness (QED) is 0.698. The van der Waals surface area contributed by atoms with Crippen molar-refractivity contribution in [1.82, 2.24) is 25.0 Å². The van der Waals surface area contributed by atoms with E-state index in [1.54, 1.807) is 11.9 Å². The SMILES string of the molecule is CN1C(=O)C2C(NC3N(CCNc4ccccc4Cl)N=C(c4ccccc4)CN23)N(C)C1=O. The van der Waals surface area contributed by atoms with Crippen LogP contribution in [0.3, 0.4) is 0 Å². The van der Waals surface area contributed by atoms with Crippen molar-refractivity contribution < 1.29 is 9.59 Å². The lowest BCUT2D eigenvalue weighted by Gasteiger charge is -2.41. The highest BCUT2D eigenvalue weighted by molar-refractivity contribution is 6.33. The van der Waals surface area contributed by atoms with E-state index in [0.717, 1.165) is 17.0 Å². The van der Waals surface area contributed by atoms with Crippen molar-refractivity contribution in [2.75, 3.05) is 39.0 Å². The van der Waals surface area contributed by atoms with Gasteiger partial charge in [-0.3, -0.25) is 20.0 Å². The summed E-state index contributed by atoms with van der Waals surface area (Å²) >= 11 is 6.28. The zero-order valence-electron chi connectivity index (χ0n) is 18.5. The Labute approximate surface area is 197 Å². The van der Waals surface area contributed by atoms with Gasteiger partial charge in [-0.25, -0.2) is 9.69 Å². The summed E-state index contributed by atoms with van der Waals surface area (Å²) in [6.07, 6.45) is -0.734. The number of urea groups is 1. The second-order valence-corrected chi connectivity index (χ2v) is 8.78. The van der Waals surface area contributed by atoms with Gasteiger partial charge in [0.2, 0.25) is 0 Å². The number of halogens is 1. The molecule has 3 unspecified atom stereocenters. The van der Waals surface area contributed by atoms with Crippen LogP contribution in [0.2, 0.25) is 5.02 Å². The van der Waals surface area contributed by atoms with E-state index in [4.69, 9.17) is 16.7 Å². The first-order valence-corrected chi connectivity index (χ1v) is 11.3. The molecule has 3 aliphatic rings. The number of nitrogens with zero attached hydrogens (tertiary/aromatic N) is 5. The minimum atomic E-state index is -0.490. The maximum absolute atomic E-state index is 13.1. The summed E-state index contributed by atoms with van der Waals surface area (Å²) in [6, 6.07) is 16.7. The van der Waals surface area contributed by atoms with Crippen LogP contribution in [0, 0.1) is 0 Å². The normalized spacial score (nSPS) is 25.1. The highest BCUT2D eigenvalue weighted by atomic mass is 35.5. The highest BCUT2D eigenvalue weighted by Gasteiger charge is 2.55. The van der Waals surface area contributed by atoms with E-state index in [1.165, 1.54) is 11.9 Å². The number of anilines is 1. The van der Waals surface area contributed by atoms with Gasteiger partial charge in [0.15, 0.2) is 6.29 Å². The van der Waals surface area contributed by atoms with Crippen LogP contribution in [-0.4, -0.2) is 89.6 Å². The van der Waals surface area contributed by atoms with Gasteiger partial charge < -0.3 is 10.2 Å². The third-order valence-corrected chi connectivity index (χ3v) is 6.71. The van der Waals surface area contributed by atoms with Crippen LogP contribution < -0.4 is 10.6 Å². The third-order valence-electron chi connectivity index (χ3n) is 6.38. The first-order valence-electron chi connectivity index (χ1n) is 10.9. The number of hydrogen-bond donors (Lipinski definition) is 2. The van der Waals surface area contributed by atoms with E-state index in [9.17, 15) is 9.59 Å². The average molecular weight is 468 g/mol. The number of benzene rings is 2. The Bertz CT molecular complexity index is 1100. The number of para-hydroxylation sites is 1. The zero-order chi connectivity index (χ0) is 23.1. The monoisotopic (exact) mass is 467 g/mol. The Kier molecular flexibility index (Phi) is 5.69. The molecular weight excluding hydrogens is 442 g/mol. The Balaban J connectivity index is 1.42. The van der Waals surface area contributed by atoms with Crippen LogP contribution >= 0.6 is 11.6 Å². The van der Waals surface area contributed by atoms with Gasteiger partial charge in [0.1, 0.15) is 12.2 Å². The summed E-state index contributed by atoms with van der Waals surface area (Å²) in [5.41, 5.74) is 2.74. The molecule has 2 saturated heterocycles. The van der Waals surface area contributed by atoms with E-state index in [2.05, 4.69) is 15.5 Å². The number of nitrogens with one attached hydrogen (secondary N) is 2. The molecule has 3 heterocycles. The predicted octanol–water partition coefficient (Wildman–Crippen LogP) is 1.88. The average Bonchev–Trinajstić information content (AvgIpc) is 3.23. The highest BCUT2D eigenvalue weighted by Crippen LogP contribution is 2.30. The van der Waals surface area contributed by atoms with E-state index in [0.29, 0.717) is 24.7 Å². The molecule has 172 valence electrons. The number of hydrazone groups is 1. The number of hydrogen-bond acceptors (Lipinski definition) is 7. The van der Waals surface area contributed by atoms with Gasteiger partial charge in [0, 0.05) is 27.2 Å². The summed E-state index contributed by atoms with van der Waals surface area (Å²) in [7, 11) is 3.25. The first-order chi connectivity index (χ1) is 16.0. The molecule has 0 spiro atoms. The van der Waals surface area contributed by atoms with E-state index in [1.807, 2.05) is 59.6 Å². The van der Waals surface area contributed by atoms with Crippen molar-refractivity contribution in [1.29, 1.82) is 0 Å². The lowest BCUT2D eigenvalue weighted by atomic mass is 10.1. The number of amides is 3. The standard InChI is InChI=1S/C23H26ClN7O2/c1-28-20-19(21(32)29(2)23(28)33)30-14-18(15-8-4-3-5-9-15)27-31(22(30)26-20)13-12-25-17-11-7-6-10-16(17)24/h3-11,19-20,22,25-26H,12-14H2,1-2H3. The Morgan fingerprint density at radius 2 is 1.82 bits per heavy atom. The molecule has 2 N–H and O–H groups in total. The molecule has 3 aliphatic heterocycles. The summed E-state index contributed by atoms with van der Waals surface area (Å²) in [6.45, 7) is 1.66. The van der Waals surface area contributed by atoms with Crippen molar-refractivity contribution >= 4 is 34.9 Å². The molecule has 0 saturated carbocycles. The number of carbonyl (C=O) groups excluding carboxylic acids is 2. The first kappa shape index (κ1) is 21.7. The minimum Gasteiger partial charge on any atom is -0.382 e. The van der Waals surface area contributed by atoms with Crippen molar-refractivity contribution in [3.05, 3.63) is 65.2 Å². The lowest BCUT2D eigenvalue weighted by Crippen LogP contribution is -2.65. The molecule has 3 atom stereocenters. The van der Waals surface area contributed by atoms with Crippen molar-refractivity contribution in [2.24, 2.45) is 5.10 Å². The maximum atomic E-state index is 13.1. The van der Waals surface area contributed by atoms with Crippen molar-refractivity contribution in [3.8, 4) is 0 Å². The lowest BCUT2D eigenvalue weighted by molar-refractivity contribution is -0.137. The third kappa shape index (κ3) is 3.82. The largest absolute Gasteiger partial charge is 0.382 e. The van der Waals surface area contributed by atoms with Crippen LogP contribution in [0.1, 0.15) is 5.56 Å². The van der Waals surface area contributed by atoms with Gasteiger partial charge in [-0.2, -0.15) is 5.10 Å². The van der Waals surface area contributed by atoms with Crippen molar-refractivity contribution in [3.63, 3.8) is 0 Å². The van der Waals surface area contributed by atoms with Gasteiger partial charge in [-0.1, -0.05) is 54.1 Å². The van der Waals surface area contributed by atoms with Crippen LogP contribution in [0.25, 0.3) is 0 Å². The van der Waals surface area contributed by atoms with Crippen LogP contribution in [0.5, 0.6) is 0 Å². The summed E-state index contributed by atoms with van der Waals surface area (Å²) in [5, 5.41) is 14.4. The molecule has 10 heteroatoms. The van der Waals surface area contributed by atoms with E-state index in [-0.39, 0.29) is 18.2 Å². The number of rotatable bonds is 5. The fourth-order valence-electron chi connectivity index (χ4n) is 4.64. The van der Waals surface area contributed by atoms with E-state index >= 15 is 0 Å². The molecular formula is C23H26ClN7O2. The zero-order valence-corrected chi connectivity index (χ0v) is 19.2. The number of carbonyl (C=O) groups is 2. The van der Waals surface area contributed by atoms with E-state index < -0.39 is 12.2 Å². The number of fused-ring (bicyclic) bond motifs is 3. The molecule has 0 radical (unpaired) electrons. The molecule has 5 rings (SSSR count). The van der Waals surface area contributed by atoms with Crippen molar-refractivity contribution in [2.45, 2.75) is 18.5 Å². The summed E-state index contributed by atoms with van der Waals surface area (Å²) < 4.78 is 0. The molecule has 2 fully saturated rings. The molecule has 0 aromatic heterocycles. The van der Waals surface area contributed by atoms with Gasteiger partial charge in [-0.15, -0.1) is 0 Å². The summed E-state index contributed by atoms with van der Waals surface area (Å²) in [4.78, 5) is 30.5. The predicted molar refractivity (Wildman–Crippen MR) is 127 cm³/mol. The molecule has 3 amide bonds. The molecule has 2 aromatic carbocycles. The Morgan fingerprint density at radius 1 is 1.09 bits per heavy atom. The fraction of sp³-hybridized carbons (Fsp3) is 0.348. The molecule has 33 heavy (non-hydrogen) atoms. The molecule has 2 aromatic rings. The van der Waals surface area contributed by atoms with Crippen LogP contribution in [-0.2, 0) is 4.79 Å². The maximum Gasteiger partial charge on any atom is 0.327 e. The second kappa shape index (κ2) is 8.66. The van der Waals surface area contributed by atoms with Gasteiger partial charge in [-0.05, 0) is 17.7 Å². The molecule has 0 bridgehead atoms. The molecule has 0 aliphatic carbocycles. The smallest absolute Gasteiger partial charge is 0.327 e.